The average Bonchev–Trinajstić information content (AvgIpc) is 2.32. The molecule has 19 heavy (non-hydrogen) atoms. The molecule has 0 saturated carbocycles. The lowest BCUT2D eigenvalue weighted by Crippen LogP contribution is -1.95. The molecular formula is C16H19NO2. The summed E-state index contributed by atoms with van der Waals surface area (Å²) in [5.74, 6) is 2.25. The van der Waals surface area contributed by atoms with E-state index in [-0.39, 0.29) is 0 Å². The molecule has 0 spiro atoms. The molecule has 0 amide bonds. The third-order valence-corrected chi connectivity index (χ3v) is 2.77. The van der Waals surface area contributed by atoms with Crippen LogP contribution in [-0.2, 0) is 0 Å². The smallest absolute Gasteiger partial charge is 0.133 e. The lowest BCUT2D eigenvalue weighted by molar-refractivity contribution is 0.338. The van der Waals surface area contributed by atoms with Crippen molar-refractivity contribution in [2.24, 2.45) is 0 Å². The number of nitrogen functional groups attached to an aromatic ring is 1. The fraction of sp³-hybridized carbons (Fsp3) is 0.250. The van der Waals surface area contributed by atoms with Gasteiger partial charge < -0.3 is 15.2 Å². The molecule has 2 aromatic carbocycles. The summed E-state index contributed by atoms with van der Waals surface area (Å²) in [5, 5.41) is 0. The molecule has 3 heteroatoms. The molecule has 0 unspecified atom stereocenters. The standard InChI is InChI=1S/C16H19NO2/c1-4-18-14-8-13(17)9-15(10-14)19-16-6-5-11(2)7-12(16)3/h5-10H,4,17H2,1-3H3. The number of hydrogen-bond donors (Lipinski definition) is 1. The highest BCUT2D eigenvalue weighted by Crippen LogP contribution is 2.30. The first-order valence-corrected chi connectivity index (χ1v) is 6.37. The molecule has 2 rings (SSSR count). The van der Waals surface area contributed by atoms with E-state index in [2.05, 4.69) is 13.0 Å². The summed E-state index contributed by atoms with van der Waals surface area (Å²) in [6.45, 7) is 6.63. The van der Waals surface area contributed by atoms with E-state index in [1.54, 1.807) is 12.1 Å². The number of rotatable bonds is 4. The SMILES string of the molecule is CCOc1cc(N)cc(Oc2ccc(C)cc2C)c1. The van der Waals surface area contributed by atoms with E-state index >= 15 is 0 Å². The maximum absolute atomic E-state index is 5.87. The van der Waals surface area contributed by atoms with Crippen LogP contribution in [0, 0.1) is 13.8 Å². The Bertz CT molecular complexity index is 579. The maximum Gasteiger partial charge on any atom is 0.133 e. The van der Waals surface area contributed by atoms with Crippen LogP contribution in [-0.4, -0.2) is 6.61 Å². The van der Waals surface area contributed by atoms with Crippen molar-refractivity contribution in [2.45, 2.75) is 20.8 Å². The summed E-state index contributed by atoms with van der Waals surface area (Å²) in [4.78, 5) is 0. The molecule has 3 nitrogen and oxygen atoms in total. The largest absolute Gasteiger partial charge is 0.494 e. The Balaban J connectivity index is 2.27. The Morgan fingerprint density at radius 2 is 1.74 bits per heavy atom. The van der Waals surface area contributed by atoms with Gasteiger partial charge >= 0.3 is 0 Å². The number of hydrogen-bond acceptors (Lipinski definition) is 3. The van der Waals surface area contributed by atoms with Crippen LogP contribution in [0.25, 0.3) is 0 Å². The van der Waals surface area contributed by atoms with Crippen molar-refractivity contribution in [1.82, 2.24) is 0 Å². The van der Waals surface area contributed by atoms with Crippen LogP contribution in [0.2, 0.25) is 0 Å². The van der Waals surface area contributed by atoms with Gasteiger partial charge in [-0.2, -0.15) is 0 Å². The fourth-order valence-electron chi connectivity index (χ4n) is 1.94. The summed E-state index contributed by atoms with van der Waals surface area (Å²) in [5.41, 5.74) is 8.79. The Kier molecular flexibility index (Phi) is 3.95. The first-order valence-electron chi connectivity index (χ1n) is 6.37. The normalized spacial score (nSPS) is 10.3. The zero-order chi connectivity index (χ0) is 13.8. The third-order valence-electron chi connectivity index (χ3n) is 2.77. The fourth-order valence-corrected chi connectivity index (χ4v) is 1.94. The van der Waals surface area contributed by atoms with Crippen molar-refractivity contribution in [3.8, 4) is 17.2 Å². The van der Waals surface area contributed by atoms with E-state index < -0.39 is 0 Å². The van der Waals surface area contributed by atoms with Crippen LogP contribution in [0.5, 0.6) is 17.2 Å². The number of nitrogens with two attached hydrogens (primary N) is 1. The third kappa shape index (κ3) is 3.41. The van der Waals surface area contributed by atoms with Crippen molar-refractivity contribution < 1.29 is 9.47 Å². The first-order chi connectivity index (χ1) is 9.08. The predicted molar refractivity (Wildman–Crippen MR) is 78.0 cm³/mol. The molecule has 0 aliphatic rings. The van der Waals surface area contributed by atoms with Crippen molar-refractivity contribution >= 4 is 5.69 Å². The summed E-state index contributed by atoms with van der Waals surface area (Å²) < 4.78 is 11.3. The van der Waals surface area contributed by atoms with Crippen LogP contribution in [0.4, 0.5) is 5.69 Å². The van der Waals surface area contributed by atoms with Gasteiger partial charge in [0.05, 0.1) is 6.61 Å². The number of benzene rings is 2. The number of ether oxygens (including phenoxy) is 2. The highest BCUT2D eigenvalue weighted by Gasteiger charge is 2.05. The Morgan fingerprint density at radius 3 is 2.42 bits per heavy atom. The highest BCUT2D eigenvalue weighted by atomic mass is 16.5. The summed E-state index contributed by atoms with van der Waals surface area (Å²) in [6.07, 6.45) is 0. The van der Waals surface area contributed by atoms with Crippen LogP contribution in [0.1, 0.15) is 18.1 Å². The summed E-state index contributed by atoms with van der Waals surface area (Å²) >= 11 is 0. The van der Waals surface area contributed by atoms with Gasteiger partial charge in [0.1, 0.15) is 17.2 Å². The molecule has 0 radical (unpaired) electrons. The first kappa shape index (κ1) is 13.3. The number of anilines is 1. The van der Waals surface area contributed by atoms with Gasteiger partial charge in [-0.25, -0.2) is 0 Å². The monoisotopic (exact) mass is 257 g/mol. The molecule has 100 valence electrons. The van der Waals surface area contributed by atoms with Crippen LogP contribution in [0.15, 0.2) is 36.4 Å². The van der Waals surface area contributed by atoms with Crippen molar-refractivity contribution in [3.63, 3.8) is 0 Å². The number of aryl methyl sites for hydroxylation is 2. The lowest BCUT2D eigenvalue weighted by Gasteiger charge is -2.12. The zero-order valence-corrected chi connectivity index (χ0v) is 11.6. The van der Waals surface area contributed by atoms with Gasteiger partial charge in [-0.3, -0.25) is 0 Å². The van der Waals surface area contributed by atoms with Gasteiger partial charge in [-0.05, 0) is 32.4 Å². The molecule has 0 fully saturated rings. The second-order valence-corrected chi connectivity index (χ2v) is 4.54. The van der Waals surface area contributed by atoms with E-state index in [0.29, 0.717) is 18.0 Å². The minimum atomic E-state index is 0.604. The van der Waals surface area contributed by atoms with Crippen LogP contribution < -0.4 is 15.2 Å². The molecule has 0 aromatic heterocycles. The summed E-state index contributed by atoms with van der Waals surface area (Å²) in [6, 6.07) is 11.5. The van der Waals surface area contributed by atoms with E-state index in [0.717, 1.165) is 17.1 Å². The van der Waals surface area contributed by atoms with Gasteiger partial charge in [0.25, 0.3) is 0 Å². The molecule has 2 N–H and O–H groups in total. The van der Waals surface area contributed by atoms with Crippen molar-refractivity contribution in [3.05, 3.63) is 47.5 Å². The van der Waals surface area contributed by atoms with Crippen molar-refractivity contribution in [1.29, 1.82) is 0 Å². The Labute approximate surface area is 114 Å². The second kappa shape index (κ2) is 5.65. The minimum Gasteiger partial charge on any atom is -0.494 e. The van der Waals surface area contributed by atoms with Gasteiger partial charge in [-0.15, -0.1) is 0 Å². The van der Waals surface area contributed by atoms with E-state index in [1.807, 2.05) is 32.0 Å². The van der Waals surface area contributed by atoms with Crippen LogP contribution >= 0.6 is 0 Å². The molecule has 0 heterocycles. The van der Waals surface area contributed by atoms with E-state index in [4.69, 9.17) is 15.2 Å². The van der Waals surface area contributed by atoms with Gasteiger partial charge in [0.15, 0.2) is 0 Å². The van der Waals surface area contributed by atoms with Crippen LogP contribution in [0.3, 0.4) is 0 Å². The maximum atomic E-state index is 5.87. The zero-order valence-electron chi connectivity index (χ0n) is 11.6. The van der Waals surface area contributed by atoms with Gasteiger partial charge in [0.2, 0.25) is 0 Å². The van der Waals surface area contributed by atoms with E-state index in [1.165, 1.54) is 5.56 Å². The Hall–Kier alpha value is -2.16. The average molecular weight is 257 g/mol. The lowest BCUT2D eigenvalue weighted by atomic mass is 10.1. The molecule has 2 aromatic rings. The topological polar surface area (TPSA) is 44.5 Å². The molecule has 0 aliphatic carbocycles. The second-order valence-electron chi connectivity index (χ2n) is 4.54. The molecule has 0 saturated heterocycles. The van der Waals surface area contributed by atoms with E-state index in [9.17, 15) is 0 Å². The molecule has 0 aliphatic heterocycles. The molecular weight excluding hydrogens is 238 g/mol. The summed E-state index contributed by atoms with van der Waals surface area (Å²) in [7, 11) is 0. The minimum absolute atomic E-state index is 0.604. The van der Waals surface area contributed by atoms with Gasteiger partial charge in [-0.1, -0.05) is 17.7 Å². The van der Waals surface area contributed by atoms with Crippen molar-refractivity contribution in [2.75, 3.05) is 12.3 Å². The molecule has 0 atom stereocenters. The molecule has 0 bridgehead atoms. The highest BCUT2D eigenvalue weighted by molar-refractivity contribution is 5.52. The quantitative estimate of drug-likeness (QED) is 0.839. The van der Waals surface area contributed by atoms with Gasteiger partial charge in [0, 0.05) is 23.9 Å². The predicted octanol–water partition coefficient (Wildman–Crippen LogP) is 4.08. The Morgan fingerprint density at radius 1 is 1.00 bits per heavy atom.